The summed E-state index contributed by atoms with van der Waals surface area (Å²) in [5, 5.41) is 22.3. The molecular formula is C13H24N2O4. The molecule has 2 amide bonds. The molecule has 2 unspecified atom stereocenters. The summed E-state index contributed by atoms with van der Waals surface area (Å²) in [7, 11) is 0. The van der Waals surface area contributed by atoms with Gasteiger partial charge in [0.2, 0.25) is 0 Å². The van der Waals surface area contributed by atoms with Crippen LogP contribution in [0.2, 0.25) is 0 Å². The molecule has 0 radical (unpaired) electrons. The van der Waals surface area contributed by atoms with E-state index >= 15 is 0 Å². The minimum atomic E-state index is -1.24. The van der Waals surface area contributed by atoms with Gasteiger partial charge in [-0.25, -0.2) is 9.59 Å². The van der Waals surface area contributed by atoms with Gasteiger partial charge < -0.3 is 20.8 Å². The van der Waals surface area contributed by atoms with Crippen LogP contribution in [0.15, 0.2) is 0 Å². The molecule has 1 saturated carbocycles. The maximum absolute atomic E-state index is 11.4. The number of aliphatic hydroxyl groups excluding tert-OH is 1. The third-order valence-electron chi connectivity index (χ3n) is 3.67. The van der Waals surface area contributed by atoms with E-state index in [2.05, 4.69) is 17.6 Å². The zero-order chi connectivity index (χ0) is 14.3. The molecule has 4 N–H and O–H groups in total. The van der Waals surface area contributed by atoms with Gasteiger partial charge in [0.05, 0.1) is 6.61 Å². The average Bonchev–Trinajstić information content (AvgIpc) is 2.35. The number of urea groups is 1. The summed E-state index contributed by atoms with van der Waals surface area (Å²) < 4.78 is 0. The molecule has 1 aliphatic carbocycles. The van der Waals surface area contributed by atoms with E-state index in [0.717, 1.165) is 12.3 Å². The minimum Gasteiger partial charge on any atom is -0.480 e. The Morgan fingerprint density at radius 2 is 2.11 bits per heavy atom. The Balaban J connectivity index is 2.17. The molecular weight excluding hydrogens is 248 g/mol. The van der Waals surface area contributed by atoms with Crippen molar-refractivity contribution in [2.75, 3.05) is 13.2 Å². The highest BCUT2D eigenvalue weighted by atomic mass is 16.4. The number of aliphatic hydroxyl groups is 1. The Morgan fingerprint density at radius 1 is 1.37 bits per heavy atom. The number of nitrogens with one attached hydrogen (secondary N) is 2. The SMILES string of the molecule is CC1CCCC(CCNC(=O)N[C@@H](CO)C(=O)O)C1. The van der Waals surface area contributed by atoms with E-state index in [1.807, 2.05) is 0 Å². The summed E-state index contributed by atoms with van der Waals surface area (Å²) in [5.41, 5.74) is 0. The smallest absolute Gasteiger partial charge is 0.328 e. The lowest BCUT2D eigenvalue weighted by molar-refractivity contribution is -0.140. The highest BCUT2D eigenvalue weighted by molar-refractivity contribution is 5.82. The first-order valence-corrected chi connectivity index (χ1v) is 6.91. The van der Waals surface area contributed by atoms with Crippen LogP contribution in [-0.2, 0) is 4.79 Å². The third-order valence-corrected chi connectivity index (χ3v) is 3.67. The number of aliphatic carboxylic acids is 1. The Bertz CT molecular complexity index is 309. The molecule has 6 nitrogen and oxygen atoms in total. The Morgan fingerprint density at radius 3 is 2.68 bits per heavy atom. The molecule has 110 valence electrons. The van der Waals surface area contributed by atoms with Crippen LogP contribution < -0.4 is 10.6 Å². The fourth-order valence-electron chi connectivity index (χ4n) is 2.61. The highest BCUT2D eigenvalue weighted by Gasteiger charge is 2.20. The first kappa shape index (κ1) is 15.8. The summed E-state index contributed by atoms with van der Waals surface area (Å²) in [6.45, 7) is 2.19. The molecule has 0 bridgehead atoms. The maximum Gasteiger partial charge on any atom is 0.328 e. The largest absolute Gasteiger partial charge is 0.480 e. The van der Waals surface area contributed by atoms with Crippen molar-refractivity contribution in [3.8, 4) is 0 Å². The van der Waals surface area contributed by atoms with Crippen molar-refractivity contribution in [2.24, 2.45) is 11.8 Å². The fraction of sp³-hybridized carbons (Fsp3) is 0.846. The molecule has 0 aromatic carbocycles. The van der Waals surface area contributed by atoms with E-state index in [0.29, 0.717) is 12.5 Å². The fourth-order valence-corrected chi connectivity index (χ4v) is 2.61. The van der Waals surface area contributed by atoms with Crippen LogP contribution >= 0.6 is 0 Å². The van der Waals surface area contributed by atoms with Crippen LogP contribution in [0.4, 0.5) is 4.79 Å². The molecule has 1 aliphatic rings. The standard InChI is InChI=1S/C13H24N2O4/c1-9-3-2-4-10(7-9)5-6-14-13(19)15-11(8-16)12(17)18/h9-11,16H,2-8H2,1H3,(H,17,18)(H2,14,15,19)/t9?,10?,11-/m0/s1. The monoisotopic (exact) mass is 272 g/mol. The lowest BCUT2D eigenvalue weighted by Crippen LogP contribution is -2.48. The normalized spacial score (nSPS) is 24.5. The molecule has 0 aliphatic heterocycles. The summed E-state index contributed by atoms with van der Waals surface area (Å²) in [6, 6.07) is -1.78. The van der Waals surface area contributed by atoms with Crippen LogP contribution in [-0.4, -0.2) is 41.4 Å². The van der Waals surface area contributed by atoms with Crippen LogP contribution in [0.1, 0.15) is 39.0 Å². The van der Waals surface area contributed by atoms with Crippen LogP contribution in [0.25, 0.3) is 0 Å². The summed E-state index contributed by atoms with van der Waals surface area (Å²) >= 11 is 0. The van der Waals surface area contributed by atoms with E-state index in [1.54, 1.807) is 0 Å². The van der Waals surface area contributed by atoms with Gasteiger partial charge in [-0.05, 0) is 24.7 Å². The number of carboxylic acids is 1. The number of carbonyl (C=O) groups excluding carboxylic acids is 1. The minimum absolute atomic E-state index is 0.537. The summed E-state index contributed by atoms with van der Waals surface area (Å²) in [5.74, 6) is 0.175. The summed E-state index contributed by atoms with van der Waals surface area (Å²) in [6.07, 6.45) is 5.89. The van der Waals surface area contributed by atoms with Gasteiger partial charge in [-0.1, -0.05) is 26.2 Å². The molecule has 0 heterocycles. The molecule has 6 heteroatoms. The quantitative estimate of drug-likeness (QED) is 0.578. The van der Waals surface area contributed by atoms with Crippen LogP contribution in [0, 0.1) is 11.8 Å². The van der Waals surface area contributed by atoms with Crippen molar-refractivity contribution in [1.82, 2.24) is 10.6 Å². The van der Waals surface area contributed by atoms with E-state index < -0.39 is 24.6 Å². The maximum atomic E-state index is 11.4. The lowest BCUT2D eigenvalue weighted by Gasteiger charge is -2.26. The number of carboxylic acid groups (broad SMARTS) is 1. The zero-order valence-corrected chi connectivity index (χ0v) is 11.4. The molecule has 0 aromatic heterocycles. The van der Waals surface area contributed by atoms with Crippen molar-refractivity contribution >= 4 is 12.0 Å². The van der Waals surface area contributed by atoms with Gasteiger partial charge >= 0.3 is 12.0 Å². The van der Waals surface area contributed by atoms with E-state index in [-0.39, 0.29) is 0 Å². The van der Waals surface area contributed by atoms with Crippen LogP contribution in [0.5, 0.6) is 0 Å². The Labute approximate surface area is 113 Å². The van der Waals surface area contributed by atoms with Gasteiger partial charge in [-0.15, -0.1) is 0 Å². The molecule has 3 atom stereocenters. The second-order valence-corrected chi connectivity index (χ2v) is 5.40. The molecule has 19 heavy (non-hydrogen) atoms. The van der Waals surface area contributed by atoms with Gasteiger partial charge in [-0.3, -0.25) is 0 Å². The van der Waals surface area contributed by atoms with E-state index in [9.17, 15) is 9.59 Å². The van der Waals surface area contributed by atoms with Crippen molar-refractivity contribution in [1.29, 1.82) is 0 Å². The molecule has 1 rings (SSSR count). The van der Waals surface area contributed by atoms with Crippen molar-refractivity contribution in [2.45, 2.75) is 45.1 Å². The highest BCUT2D eigenvalue weighted by Crippen LogP contribution is 2.30. The number of hydrogen-bond donors (Lipinski definition) is 4. The predicted molar refractivity (Wildman–Crippen MR) is 70.8 cm³/mol. The van der Waals surface area contributed by atoms with Crippen molar-refractivity contribution < 1.29 is 19.8 Å². The molecule has 0 saturated heterocycles. The Kier molecular flexibility index (Phi) is 6.62. The van der Waals surface area contributed by atoms with Gasteiger partial charge in [0.1, 0.15) is 0 Å². The van der Waals surface area contributed by atoms with Gasteiger partial charge in [0.25, 0.3) is 0 Å². The van der Waals surface area contributed by atoms with Gasteiger partial charge in [0.15, 0.2) is 6.04 Å². The number of carbonyl (C=O) groups is 2. The molecule has 1 fully saturated rings. The average molecular weight is 272 g/mol. The number of amides is 2. The molecule has 0 spiro atoms. The van der Waals surface area contributed by atoms with E-state index in [4.69, 9.17) is 10.2 Å². The van der Waals surface area contributed by atoms with Gasteiger partial charge in [-0.2, -0.15) is 0 Å². The zero-order valence-electron chi connectivity index (χ0n) is 11.4. The lowest BCUT2D eigenvalue weighted by atomic mass is 9.81. The van der Waals surface area contributed by atoms with Crippen molar-refractivity contribution in [3.05, 3.63) is 0 Å². The van der Waals surface area contributed by atoms with Crippen LogP contribution in [0.3, 0.4) is 0 Å². The van der Waals surface area contributed by atoms with Crippen molar-refractivity contribution in [3.63, 3.8) is 0 Å². The molecule has 0 aromatic rings. The second kappa shape index (κ2) is 7.99. The number of hydrogen-bond acceptors (Lipinski definition) is 3. The first-order valence-electron chi connectivity index (χ1n) is 6.91. The van der Waals surface area contributed by atoms with E-state index in [1.165, 1.54) is 25.7 Å². The number of rotatable bonds is 6. The predicted octanol–water partition coefficient (Wildman–Crippen LogP) is 0.947. The summed E-state index contributed by atoms with van der Waals surface area (Å²) in [4.78, 5) is 22.0. The first-order chi connectivity index (χ1) is 9.02. The Hall–Kier alpha value is -1.30. The topological polar surface area (TPSA) is 98.7 Å². The third kappa shape index (κ3) is 5.92. The second-order valence-electron chi connectivity index (χ2n) is 5.40. The van der Waals surface area contributed by atoms with Gasteiger partial charge in [0, 0.05) is 6.54 Å².